The molecule has 0 saturated carbocycles. The number of likely N-dealkylation sites (N-methyl/N-ethyl adjacent to an activating group) is 1. The molecule has 0 fully saturated rings. The minimum Gasteiger partial charge on any atom is -0.383 e. The predicted molar refractivity (Wildman–Crippen MR) is 66.5 cm³/mol. The van der Waals surface area contributed by atoms with Gasteiger partial charge in [0.05, 0.1) is 12.6 Å². The van der Waals surface area contributed by atoms with Crippen LogP contribution >= 0.6 is 0 Å². The lowest BCUT2D eigenvalue weighted by molar-refractivity contribution is 0.181. The van der Waals surface area contributed by atoms with Gasteiger partial charge in [0.25, 0.3) is 0 Å². The Morgan fingerprint density at radius 2 is 2.25 bits per heavy atom. The van der Waals surface area contributed by atoms with E-state index >= 15 is 0 Å². The first kappa shape index (κ1) is 12.9. The molecule has 1 rings (SSSR count). The van der Waals surface area contributed by atoms with Crippen LogP contribution in [0.2, 0.25) is 0 Å². The molecule has 0 amide bonds. The Balaban J connectivity index is 2.78. The van der Waals surface area contributed by atoms with E-state index in [4.69, 9.17) is 10.5 Å². The monoisotopic (exact) mass is 223 g/mol. The quantitative estimate of drug-likeness (QED) is 0.792. The highest BCUT2D eigenvalue weighted by Gasteiger charge is 2.13. The van der Waals surface area contributed by atoms with Crippen molar-refractivity contribution in [3.63, 3.8) is 0 Å². The van der Waals surface area contributed by atoms with E-state index in [9.17, 15) is 0 Å². The van der Waals surface area contributed by atoms with Gasteiger partial charge in [0, 0.05) is 26.4 Å². The molecule has 1 aromatic heterocycles. The molecule has 0 aliphatic heterocycles. The fraction of sp³-hybridized carbons (Fsp3) is 0.583. The molecule has 0 aliphatic carbocycles. The normalized spacial score (nSPS) is 12.5. The lowest BCUT2D eigenvalue weighted by Gasteiger charge is -2.28. The third-order valence-corrected chi connectivity index (χ3v) is 2.62. The number of pyridine rings is 1. The molecule has 1 atom stereocenters. The molecule has 0 radical (unpaired) electrons. The van der Waals surface area contributed by atoms with Crippen LogP contribution in [-0.2, 0) is 11.3 Å². The minimum atomic E-state index is 0.325. The zero-order valence-electron chi connectivity index (χ0n) is 10.3. The van der Waals surface area contributed by atoms with Crippen LogP contribution in [0.25, 0.3) is 0 Å². The van der Waals surface area contributed by atoms with Crippen molar-refractivity contribution in [1.29, 1.82) is 0 Å². The second-order valence-electron chi connectivity index (χ2n) is 3.82. The van der Waals surface area contributed by atoms with Crippen molar-refractivity contribution in [1.82, 2.24) is 4.98 Å². The molecule has 16 heavy (non-hydrogen) atoms. The average molecular weight is 223 g/mol. The molecule has 2 N–H and O–H groups in total. The van der Waals surface area contributed by atoms with E-state index in [2.05, 4.69) is 23.7 Å². The van der Waals surface area contributed by atoms with Crippen LogP contribution in [0.3, 0.4) is 0 Å². The Hall–Kier alpha value is -1.13. The van der Waals surface area contributed by atoms with Gasteiger partial charge in [-0.25, -0.2) is 4.98 Å². The van der Waals surface area contributed by atoms with Gasteiger partial charge in [0.15, 0.2) is 0 Å². The number of anilines is 1. The second-order valence-corrected chi connectivity index (χ2v) is 3.82. The first-order valence-corrected chi connectivity index (χ1v) is 5.63. The molecule has 4 nitrogen and oxygen atoms in total. The zero-order chi connectivity index (χ0) is 12.0. The summed E-state index contributed by atoms with van der Waals surface area (Å²) in [7, 11) is 1.72. The topological polar surface area (TPSA) is 51.4 Å². The molecule has 90 valence electrons. The Labute approximate surface area is 97.4 Å². The van der Waals surface area contributed by atoms with E-state index in [-0.39, 0.29) is 0 Å². The van der Waals surface area contributed by atoms with E-state index in [1.54, 1.807) is 7.11 Å². The zero-order valence-corrected chi connectivity index (χ0v) is 10.3. The Morgan fingerprint density at radius 1 is 1.50 bits per heavy atom. The van der Waals surface area contributed by atoms with Gasteiger partial charge < -0.3 is 15.4 Å². The fourth-order valence-electron chi connectivity index (χ4n) is 1.74. The number of aromatic nitrogens is 1. The van der Waals surface area contributed by atoms with Crippen molar-refractivity contribution < 1.29 is 4.74 Å². The molecule has 1 heterocycles. The molecule has 0 aromatic carbocycles. The predicted octanol–water partition coefficient (Wildman–Crippen LogP) is 1.40. The summed E-state index contributed by atoms with van der Waals surface area (Å²) in [6, 6.07) is 4.36. The third kappa shape index (κ3) is 3.18. The molecule has 0 saturated heterocycles. The van der Waals surface area contributed by atoms with Crippen molar-refractivity contribution >= 4 is 5.82 Å². The summed E-state index contributed by atoms with van der Waals surface area (Å²) in [5.74, 6) is 0.976. The van der Waals surface area contributed by atoms with Crippen LogP contribution in [0.4, 0.5) is 5.82 Å². The smallest absolute Gasteiger partial charge is 0.128 e. The lowest BCUT2D eigenvalue weighted by Crippen LogP contribution is -2.36. The summed E-state index contributed by atoms with van der Waals surface area (Å²) in [4.78, 5) is 6.63. The molecule has 0 bridgehead atoms. The molecular formula is C12H21N3O. The van der Waals surface area contributed by atoms with E-state index in [0.29, 0.717) is 19.2 Å². The van der Waals surface area contributed by atoms with Gasteiger partial charge in [-0.05, 0) is 25.5 Å². The highest BCUT2D eigenvalue weighted by Crippen LogP contribution is 2.14. The van der Waals surface area contributed by atoms with Gasteiger partial charge in [-0.15, -0.1) is 0 Å². The van der Waals surface area contributed by atoms with E-state index in [1.165, 1.54) is 0 Å². The Kier molecular flexibility index (Phi) is 5.22. The van der Waals surface area contributed by atoms with Crippen molar-refractivity contribution in [2.75, 3.05) is 25.2 Å². The van der Waals surface area contributed by atoms with Crippen LogP contribution in [0.1, 0.15) is 19.4 Å². The van der Waals surface area contributed by atoms with Gasteiger partial charge in [-0.3, -0.25) is 0 Å². The first-order chi connectivity index (χ1) is 7.72. The van der Waals surface area contributed by atoms with Crippen LogP contribution in [0, 0.1) is 0 Å². The molecule has 0 aliphatic rings. The number of hydrogen-bond donors (Lipinski definition) is 1. The highest BCUT2D eigenvalue weighted by atomic mass is 16.5. The van der Waals surface area contributed by atoms with Crippen LogP contribution < -0.4 is 10.6 Å². The second kappa shape index (κ2) is 6.45. The summed E-state index contributed by atoms with van der Waals surface area (Å²) in [5, 5.41) is 0. The molecule has 0 spiro atoms. The number of nitrogens with zero attached hydrogens (tertiary/aromatic N) is 2. The first-order valence-electron chi connectivity index (χ1n) is 5.63. The number of nitrogens with two attached hydrogens (primary N) is 1. The highest BCUT2D eigenvalue weighted by molar-refractivity contribution is 5.40. The maximum absolute atomic E-state index is 5.54. The fourth-order valence-corrected chi connectivity index (χ4v) is 1.74. The summed E-state index contributed by atoms with van der Waals surface area (Å²) in [6.07, 6.45) is 1.83. The molecular weight excluding hydrogens is 202 g/mol. The van der Waals surface area contributed by atoms with Crippen LogP contribution in [0.15, 0.2) is 18.3 Å². The summed E-state index contributed by atoms with van der Waals surface area (Å²) < 4.78 is 5.16. The standard InChI is InChI=1S/C12H21N3O/c1-4-15(10(2)9-16-3)12-6-5-11(7-13)8-14-12/h5-6,8,10H,4,7,9,13H2,1-3H3. The maximum Gasteiger partial charge on any atom is 0.128 e. The summed E-state index contributed by atoms with van der Waals surface area (Å²) >= 11 is 0. The van der Waals surface area contributed by atoms with Crippen molar-refractivity contribution in [3.05, 3.63) is 23.9 Å². The van der Waals surface area contributed by atoms with Crippen LogP contribution in [0.5, 0.6) is 0 Å². The van der Waals surface area contributed by atoms with Gasteiger partial charge in [-0.1, -0.05) is 6.07 Å². The van der Waals surface area contributed by atoms with Crippen molar-refractivity contribution in [3.8, 4) is 0 Å². The molecule has 1 unspecified atom stereocenters. The third-order valence-electron chi connectivity index (χ3n) is 2.62. The van der Waals surface area contributed by atoms with Gasteiger partial charge in [0.1, 0.15) is 5.82 Å². The SMILES string of the molecule is CCN(c1ccc(CN)cn1)C(C)COC. The summed E-state index contributed by atoms with van der Waals surface area (Å²) in [5.41, 5.74) is 6.60. The number of rotatable bonds is 6. The van der Waals surface area contributed by atoms with Gasteiger partial charge in [-0.2, -0.15) is 0 Å². The van der Waals surface area contributed by atoms with Gasteiger partial charge >= 0.3 is 0 Å². The molecule has 4 heteroatoms. The van der Waals surface area contributed by atoms with E-state index < -0.39 is 0 Å². The van der Waals surface area contributed by atoms with Gasteiger partial charge in [0.2, 0.25) is 0 Å². The van der Waals surface area contributed by atoms with Crippen molar-refractivity contribution in [2.45, 2.75) is 26.4 Å². The molecule has 1 aromatic rings. The Morgan fingerprint density at radius 3 is 2.69 bits per heavy atom. The summed E-state index contributed by atoms with van der Waals surface area (Å²) in [6.45, 7) is 6.40. The van der Waals surface area contributed by atoms with Crippen LogP contribution in [-0.4, -0.2) is 31.3 Å². The average Bonchev–Trinajstić information content (AvgIpc) is 2.31. The number of hydrogen-bond acceptors (Lipinski definition) is 4. The minimum absolute atomic E-state index is 0.325. The Bertz CT molecular complexity index is 300. The lowest BCUT2D eigenvalue weighted by atomic mass is 10.2. The maximum atomic E-state index is 5.54. The van der Waals surface area contributed by atoms with Crippen molar-refractivity contribution in [2.24, 2.45) is 5.73 Å². The van der Waals surface area contributed by atoms with E-state index in [0.717, 1.165) is 17.9 Å². The number of methoxy groups -OCH3 is 1. The van der Waals surface area contributed by atoms with E-state index in [1.807, 2.05) is 18.3 Å². The number of ether oxygens (including phenoxy) is 1. The largest absolute Gasteiger partial charge is 0.383 e.